The van der Waals surface area contributed by atoms with Crippen molar-refractivity contribution < 1.29 is 14.6 Å². The average Bonchev–Trinajstić information content (AvgIpc) is 3.24. The summed E-state index contributed by atoms with van der Waals surface area (Å²) < 4.78 is 9.08. The van der Waals surface area contributed by atoms with Gasteiger partial charge >= 0.3 is 0 Å². The largest absolute Gasteiger partial charge is 0.490 e. The number of rotatable bonds is 7. The van der Waals surface area contributed by atoms with Gasteiger partial charge in [-0.25, -0.2) is 0 Å². The van der Waals surface area contributed by atoms with Gasteiger partial charge in [-0.3, -0.25) is 9.48 Å². The summed E-state index contributed by atoms with van der Waals surface area (Å²) in [5.74, 6) is 0.917. The summed E-state index contributed by atoms with van der Waals surface area (Å²) in [6, 6.07) is 15.6. The smallest absolute Gasteiger partial charge is 0.219 e. The van der Waals surface area contributed by atoms with E-state index in [1.807, 2.05) is 58.1 Å². The third-order valence-corrected chi connectivity index (χ3v) is 7.98. The molecule has 3 heterocycles. The molecule has 1 amide bonds. The van der Waals surface area contributed by atoms with Crippen molar-refractivity contribution in [2.24, 2.45) is 0 Å². The Balaban J connectivity index is 1.22. The standard InChI is InChI=1S/C28H32BrClN4O3/c1-19(35)33-15-12-27-26(18-33)28(20-2-4-21(29)5-3-20)31-34(27)17-23(36)16-32-13-10-25(11-14-32)37-24-8-6-22(30)7-9-24/h2-9,23,25,36H,10-18H2,1H3. The van der Waals surface area contributed by atoms with Crippen molar-refractivity contribution in [1.82, 2.24) is 19.6 Å². The number of benzene rings is 2. The van der Waals surface area contributed by atoms with Gasteiger partial charge in [-0.1, -0.05) is 39.7 Å². The number of hydrogen-bond donors (Lipinski definition) is 1. The van der Waals surface area contributed by atoms with Crippen molar-refractivity contribution >= 4 is 33.4 Å². The number of aliphatic hydroxyl groups is 1. The van der Waals surface area contributed by atoms with Gasteiger partial charge in [0.25, 0.3) is 0 Å². The van der Waals surface area contributed by atoms with Crippen LogP contribution < -0.4 is 4.74 Å². The van der Waals surface area contributed by atoms with Gasteiger partial charge in [0.2, 0.25) is 5.91 Å². The average molecular weight is 588 g/mol. The van der Waals surface area contributed by atoms with Crippen LogP contribution in [0.25, 0.3) is 11.3 Å². The van der Waals surface area contributed by atoms with E-state index < -0.39 is 6.10 Å². The van der Waals surface area contributed by atoms with Gasteiger partial charge in [-0.05, 0) is 49.2 Å². The molecule has 1 atom stereocenters. The van der Waals surface area contributed by atoms with E-state index in [1.54, 1.807) is 6.92 Å². The molecule has 7 nitrogen and oxygen atoms in total. The number of halogens is 2. The Morgan fingerprint density at radius 1 is 1.11 bits per heavy atom. The second kappa shape index (κ2) is 11.6. The van der Waals surface area contributed by atoms with Crippen LogP contribution in [-0.2, 0) is 24.3 Å². The van der Waals surface area contributed by atoms with Gasteiger partial charge in [0.15, 0.2) is 0 Å². The Morgan fingerprint density at radius 2 is 1.81 bits per heavy atom. The SMILES string of the molecule is CC(=O)N1CCc2c(c(-c3ccc(Br)cc3)nn2CC(O)CN2CCC(Oc3ccc(Cl)cc3)CC2)C1. The number of carbonyl (C=O) groups excluding carboxylic acids is 1. The fourth-order valence-electron chi connectivity index (χ4n) is 5.22. The molecule has 2 aromatic carbocycles. The van der Waals surface area contributed by atoms with Crippen molar-refractivity contribution in [1.29, 1.82) is 0 Å². The van der Waals surface area contributed by atoms with E-state index in [0.717, 1.165) is 65.1 Å². The van der Waals surface area contributed by atoms with Gasteiger partial charge in [-0.2, -0.15) is 5.10 Å². The van der Waals surface area contributed by atoms with E-state index in [-0.39, 0.29) is 12.0 Å². The van der Waals surface area contributed by atoms with E-state index in [2.05, 4.69) is 20.8 Å². The number of likely N-dealkylation sites (tertiary alicyclic amines) is 1. The normalized spacial score (nSPS) is 17.5. The van der Waals surface area contributed by atoms with Crippen molar-refractivity contribution in [3.8, 4) is 17.0 Å². The molecule has 1 fully saturated rings. The summed E-state index contributed by atoms with van der Waals surface area (Å²) in [5, 5.41) is 16.7. The third kappa shape index (κ3) is 6.37. The summed E-state index contributed by atoms with van der Waals surface area (Å²) in [4.78, 5) is 16.2. The highest BCUT2D eigenvalue weighted by Gasteiger charge is 2.28. The van der Waals surface area contributed by atoms with Gasteiger partial charge < -0.3 is 19.6 Å². The molecule has 0 bridgehead atoms. The zero-order chi connectivity index (χ0) is 25.9. The van der Waals surface area contributed by atoms with Crippen LogP contribution in [0, 0.1) is 0 Å². The highest BCUT2D eigenvalue weighted by molar-refractivity contribution is 9.10. The maximum atomic E-state index is 12.1. The molecule has 1 unspecified atom stereocenters. The number of nitrogens with zero attached hydrogens (tertiary/aromatic N) is 4. The molecule has 1 aromatic heterocycles. The summed E-state index contributed by atoms with van der Waals surface area (Å²) in [6.45, 7) is 5.62. The highest BCUT2D eigenvalue weighted by atomic mass is 79.9. The molecule has 2 aliphatic heterocycles. The molecular weight excluding hydrogens is 556 g/mol. The van der Waals surface area contributed by atoms with Crippen LogP contribution in [0.3, 0.4) is 0 Å². The first-order valence-electron chi connectivity index (χ1n) is 12.8. The predicted octanol–water partition coefficient (Wildman–Crippen LogP) is 4.77. The summed E-state index contributed by atoms with van der Waals surface area (Å²) in [5.41, 5.74) is 4.10. The zero-order valence-corrected chi connectivity index (χ0v) is 23.3. The number of fused-ring (bicyclic) bond motifs is 1. The predicted molar refractivity (Wildman–Crippen MR) is 148 cm³/mol. The van der Waals surface area contributed by atoms with E-state index in [9.17, 15) is 9.90 Å². The van der Waals surface area contributed by atoms with Crippen LogP contribution >= 0.6 is 27.5 Å². The quantitative estimate of drug-likeness (QED) is 0.431. The maximum Gasteiger partial charge on any atom is 0.219 e. The number of β-amino-alcohol motifs (C(OH)–C–C–N with tert-alkyl or cyclic N) is 1. The van der Waals surface area contributed by atoms with Gasteiger partial charge in [0.05, 0.1) is 18.3 Å². The lowest BCUT2D eigenvalue weighted by molar-refractivity contribution is -0.129. The minimum absolute atomic E-state index is 0.0728. The zero-order valence-electron chi connectivity index (χ0n) is 20.9. The minimum Gasteiger partial charge on any atom is -0.490 e. The number of amides is 1. The molecule has 1 saturated heterocycles. The van der Waals surface area contributed by atoms with Crippen LogP contribution in [0.1, 0.15) is 31.0 Å². The van der Waals surface area contributed by atoms with Crippen molar-refractivity contribution in [2.45, 2.75) is 51.5 Å². The van der Waals surface area contributed by atoms with E-state index in [1.165, 1.54) is 0 Å². The van der Waals surface area contributed by atoms with Gasteiger partial charge in [0, 0.05) is 72.4 Å². The lowest BCUT2D eigenvalue weighted by Crippen LogP contribution is -2.43. The van der Waals surface area contributed by atoms with Crippen molar-refractivity contribution in [2.75, 3.05) is 26.2 Å². The fourth-order valence-corrected chi connectivity index (χ4v) is 5.61. The summed E-state index contributed by atoms with van der Waals surface area (Å²) >= 11 is 9.47. The molecule has 0 aliphatic carbocycles. The van der Waals surface area contributed by atoms with Crippen molar-refractivity contribution in [3.63, 3.8) is 0 Å². The summed E-state index contributed by atoms with van der Waals surface area (Å²) in [6.07, 6.45) is 2.20. The topological polar surface area (TPSA) is 70.8 Å². The third-order valence-electron chi connectivity index (χ3n) is 7.20. The first-order chi connectivity index (χ1) is 17.9. The number of piperidine rings is 1. The Kier molecular flexibility index (Phi) is 8.19. The van der Waals surface area contributed by atoms with E-state index in [4.69, 9.17) is 21.4 Å². The molecule has 5 rings (SSSR count). The number of hydrogen-bond acceptors (Lipinski definition) is 5. The highest BCUT2D eigenvalue weighted by Crippen LogP contribution is 2.31. The van der Waals surface area contributed by atoms with Crippen LogP contribution in [0.2, 0.25) is 5.02 Å². The number of carbonyl (C=O) groups is 1. The molecule has 2 aliphatic rings. The number of aromatic nitrogens is 2. The Hall–Kier alpha value is -2.39. The van der Waals surface area contributed by atoms with E-state index >= 15 is 0 Å². The minimum atomic E-state index is -0.540. The lowest BCUT2D eigenvalue weighted by Gasteiger charge is -2.33. The fraction of sp³-hybridized carbons (Fsp3) is 0.429. The first kappa shape index (κ1) is 26.2. The molecule has 3 aromatic rings. The molecular formula is C28H32BrClN4O3. The molecule has 196 valence electrons. The van der Waals surface area contributed by atoms with Gasteiger partial charge in [-0.15, -0.1) is 0 Å². The van der Waals surface area contributed by atoms with Crippen LogP contribution in [0.4, 0.5) is 0 Å². The molecule has 0 saturated carbocycles. The second-order valence-corrected chi connectivity index (χ2v) is 11.2. The first-order valence-corrected chi connectivity index (χ1v) is 14.0. The molecule has 0 spiro atoms. The number of ether oxygens (including phenoxy) is 1. The molecule has 9 heteroatoms. The summed E-state index contributed by atoms with van der Waals surface area (Å²) in [7, 11) is 0. The Labute approximate surface area is 231 Å². The maximum absolute atomic E-state index is 12.1. The van der Waals surface area contributed by atoms with E-state index in [0.29, 0.717) is 31.2 Å². The molecule has 0 radical (unpaired) electrons. The van der Waals surface area contributed by atoms with Crippen LogP contribution in [0.5, 0.6) is 5.75 Å². The molecule has 1 N–H and O–H groups in total. The Bertz CT molecular complexity index is 1220. The van der Waals surface area contributed by atoms with Gasteiger partial charge in [0.1, 0.15) is 11.9 Å². The monoisotopic (exact) mass is 586 g/mol. The number of aliphatic hydroxyl groups excluding tert-OH is 1. The molecule has 37 heavy (non-hydrogen) atoms. The van der Waals surface area contributed by atoms with Crippen LogP contribution in [-0.4, -0.2) is 69.0 Å². The lowest BCUT2D eigenvalue weighted by atomic mass is 10.0. The van der Waals surface area contributed by atoms with Crippen LogP contribution in [0.15, 0.2) is 53.0 Å². The Morgan fingerprint density at radius 3 is 2.49 bits per heavy atom. The van der Waals surface area contributed by atoms with Crippen molar-refractivity contribution in [3.05, 3.63) is 69.3 Å². The second-order valence-electron chi connectivity index (χ2n) is 9.88.